The first-order valence-corrected chi connectivity index (χ1v) is 4.86. The highest BCUT2D eigenvalue weighted by molar-refractivity contribution is 5.90. The van der Waals surface area contributed by atoms with E-state index in [0.717, 1.165) is 0 Å². The molecule has 0 bridgehead atoms. The average Bonchev–Trinajstić information content (AvgIpc) is 2.22. The summed E-state index contributed by atoms with van der Waals surface area (Å²) >= 11 is 0. The predicted molar refractivity (Wildman–Crippen MR) is 61.8 cm³/mol. The SMILES string of the molecule is C=C(C(=O)O)/C(=C\C(=C\C(C)C)OC)OC. The number of carboxylic acid groups (broad SMARTS) is 1. The summed E-state index contributed by atoms with van der Waals surface area (Å²) in [6.07, 6.45) is 3.37. The highest BCUT2D eigenvalue weighted by atomic mass is 16.5. The number of hydrogen-bond acceptors (Lipinski definition) is 3. The molecule has 4 heteroatoms. The van der Waals surface area contributed by atoms with E-state index in [0.29, 0.717) is 11.7 Å². The number of allylic oxidation sites excluding steroid dienone is 2. The van der Waals surface area contributed by atoms with Crippen molar-refractivity contribution in [1.82, 2.24) is 0 Å². The van der Waals surface area contributed by atoms with E-state index in [1.54, 1.807) is 0 Å². The highest BCUT2D eigenvalue weighted by Gasteiger charge is 2.11. The van der Waals surface area contributed by atoms with Gasteiger partial charge in [-0.2, -0.15) is 0 Å². The summed E-state index contributed by atoms with van der Waals surface area (Å²) in [5.41, 5.74) is -0.103. The molecule has 0 saturated carbocycles. The van der Waals surface area contributed by atoms with Gasteiger partial charge in [0.15, 0.2) is 0 Å². The summed E-state index contributed by atoms with van der Waals surface area (Å²) in [5.74, 6) is -0.0917. The standard InChI is InChI=1S/C12H18O4/c1-8(2)6-10(15-4)7-11(16-5)9(3)12(13)14/h6-8H,3H2,1-2,4-5H3,(H,13,14)/b10-6-,11-7+. The molecular formula is C12H18O4. The maximum atomic E-state index is 10.7. The Labute approximate surface area is 95.9 Å². The smallest absolute Gasteiger partial charge is 0.338 e. The molecule has 90 valence electrons. The van der Waals surface area contributed by atoms with Crippen molar-refractivity contribution in [1.29, 1.82) is 0 Å². The maximum absolute atomic E-state index is 10.7. The Morgan fingerprint density at radius 2 is 1.88 bits per heavy atom. The van der Waals surface area contributed by atoms with Gasteiger partial charge in [-0.05, 0) is 12.0 Å². The molecule has 0 radical (unpaired) electrons. The Morgan fingerprint density at radius 3 is 2.19 bits per heavy atom. The lowest BCUT2D eigenvalue weighted by molar-refractivity contribution is -0.132. The molecule has 0 spiro atoms. The van der Waals surface area contributed by atoms with E-state index in [2.05, 4.69) is 6.58 Å². The third-order valence-corrected chi connectivity index (χ3v) is 1.78. The summed E-state index contributed by atoms with van der Waals surface area (Å²) in [4.78, 5) is 10.7. The number of aliphatic carboxylic acids is 1. The van der Waals surface area contributed by atoms with Crippen LogP contribution in [0.2, 0.25) is 0 Å². The van der Waals surface area contributed by atoms with Gasteiger partial charge in [-0.3, -0.25) is 0 Å². The number of carbonyl (C=O) groups is 1. The molecule has 4 nitrogen and oxygen atoms in total. The fourth-order valence-electron chi connectivity index (χ4n) is 1.01. The van der Waals surface area contributed by atoms with E-state index in [4.69, 9.17) is 14.6 Å². The van der Waals surface area contributed by atoms with E-state index in [-0.39, 0.29) is 11.3 Å². The van der Waals surface area contributed by atoms with Crippen LogP contribution >= 0.6 is 0 Å². The van der Waals surface area contributed by atoms with Gasteiger partial charge in [-0.1, -0.05) is 20.4 Å². The zero-order chi connectivity index (χ0) is 12.7. The van der Waals surface area contributed by atoms with Gasteiger partial charge in [0.25, 0.3) is 0 Å². The minimum atomic E-state index is -1.12. The summed E-state index contributed by atoms with van der Waals surface area (Å²) in [6, 6.07) is 0. The molecule has 16 heavy (non-hydrogen) atoms. The van der Waals surface area contributed by atoms with Crippen molar-refractivity contribution < 1.29 is 19.4 Å². The minimum absolute atomic E-state index is 0.103. The number of methoxy groups -OCH3 is 2. The van der Waals surface area contributed by atoms with Crippen LogP contribution in [-0.4, -0.2) is 25.3 Å². The second-order valence-electron chi connectivity index (χ2n) is 3.51. The fourth-order valence-corrected chi connectivity index (χ4v) is 1.01. The first kappa shape index (κ1) is 14.3. The molecule has 0 aromatic rings. The van der Waals surface area contributed by atoms with Gasteiger partial charge in [-0.25, -0.2) is 4.79 Å². The van der Waals surface area contributed by atoms with Crippen molar-refractivity contribution >= 4 is 5.97 Å². The molecule has 0 fully saturated rings. The second-order valence-corrected chi connectivity index (χ2v) is 3.51. The number of ether oxygens (including phenoxy) is 2. The lowest BCUT2D eigenvalue weighted by Gasteiger charge is -2.08. The van der Waals surface area contributed by atoms with Gasteiger partial charge >= 0.3 is 5.97 Å². The summed E-state index contributed by atoms with van der Waals surface area (Å²) in [7, 11) is 2.91. The zero-order valence-electron chi connectivity index (χ0n) is 10.1. The van der Waals surface area contributed by atoms with Gasteiger partial charge in [0.2, 0.25) is 0 Å². The first-order chi connectivity index (χ1) is 7.42. The summed E-state index contributed by atoms with van der Waals surface area (Å²) < 4.78 is 10.0. The van der Waals surface area contributed by atoms with Crippen molar-refractivity contribution in [3.05, 3.63) is 35.8 Å². The Morgan fingerprint density at radius 1 is 1.31 bits per heavy atom. The molecular weight excluding hydrogens is 208 g/mol. The predicted octanol–water partition coefficient (Wildman–Crippen LogP) is 2.34. The van der Waals surface area contributed by atoms with Crippen LogP contribution in [0.5, 0.6) is 0 Å². The van der Waals surface area contributed by atoms with Crippen LogP contribution in [0.3, 0.4) is 0 Å². The lowest BCUT2D eigenvalue weighted by Crippen LogP contribution is -2.04. The highest BCUT2D eigenvalue weighted by Crippen LogP contribution is 2.14. The van der Waals surface area contributed by atoms with E-state index >= 15 is 0 Å². The molecule has 0 heterocycles. The quantitative estimate of drug-likeness (QED) is 0.429. The molecule has 0 aromatic heterocycles. The zero-order valence-corrected chi connectivity index (χ0v) is 10.1. The van der Waals surface area contributed by atoms with Crippen molar-refractivity contribution in [2.45, 2.75) is 13.8 Å². The minimum Gasteiger partial charge on any atom is -0.497 e. The third-order valence-electron chi connectivity index (χ3n) is 1.78. The molecule has 0 saturated heterocycles. The number of hydrogen-bond donors (Lipinski definition) is 1. The van der Waals surface area contributed by atoms with Crippen LogP contribution < -0.4 is 0 Å². The van der Waals surface area contributed by atoms with Gasteiger partial charge in [0, 0.05) is 6.08 Å². The molecule has 0 aliphatic heterocycles. The largest absolute Gasteiger partial charge is 0.497 e. The van der Waals surface area contributed by atoms with Gasteiger partial charge in [0.05, 0.1) is 19.8 Å². The van der Waals surface area contributed by atoms with Crippen LogP contribution in [0.15, 0.2) is 35.8 Å². The number of rotatable bonds is 6. The van der Waals surface area contributed by atoms with Crippen LogP contribution in [0, 0.1) is 5.92 Å². The number of carboxylic acids is 1. The topological polar surface area (TPSA) is 55.8 Å². The van der Waals surface area contributed by atoms with Crippen LogP contribution in [-0.2, 0) is 14.3 Å². The van der Waals surface area contributed by atoms with E-state index < -0.39 is 5.97 Å². The van der Waals surface area contributed by atoms with Crippen molar-refractivity contribution in [2.75, 3.05) is 14.2 Å². The average molecular weight is 226 g/mol. The van der Waals surface area contributed by atoms with Crippen molar-refractivity contribution in [3.63, 3.8) is 0 Å². The van der Waals surface area contributed by atoms with Gasteiger partial charge < -0.3 is 14.6 Å². The van der Waals surface area contributed by atoms with Crippen LogP contribution in [0.1, 0.15) is 13.8 Å². The molecule has 0 atom stereocenters. The molecule has 0 rings (SSSR count). The van der Waals surface area contributed by atoms with E-state index in [9.17, 15) is 4.79 Å². The Hall–Kier alpha value is -1.71. The third kappa shape index (κ3) is 4.68. The second kappa shape index (κ2) is 6.71. The first-order valence-electron chi connectivity index (χ1n) is 4.86. The fraction of sp³-hybridized carbons (Fsp3) is 0.417. The molecule has 0 amide bonds. The molecule has 0 aliphatic rings. The Kier molecular flexibility index (Phi) is 6.00. The van der Waals surface area contributed by atoms with Gasteiger partial charge in [-0.15, -0.1) is 0 Å². The van der Waals surface area contributed by atoms with Crippen LogP contribution in [0.25, 0.3) is 0 Å². The van der Waals surface area contributed by atoms with E-state index in [1.807, 2.05) is 19.9 Å². The molecule has 0 aromatic carbocycles. The normalized spacial score (nSPS) is 12.6. The van der Waals surface area contributed by atoms with Gasteiger partial charge in [0.1, 0.15) is 11.5 Å². The van der Waals surface area contributed by atoms with E-state index in [1.165, 1.54) is 20.3 Å². The van der Waals surface area contributed by atoms with Crippen LogP contribution in [0.4, 0.5) is 0 Å². The molecule has 0 aliphatic carbocycles. The maximum Gasteiger partial charge on any atom is 0.338 e. The molecule has 0 unspecified atom stereocenters. The Bertz CT molecular complexity index is 324. The van der Waals surface area contributed by atoms with Crippen molar-refractivity contribution in [2.24, 2.45) is 5.92 Å². The monoisotopic (exact) mass is 226 g/mol. The Balaban J connectivity index is 5.07. The summed E-state index contributed by atoms with van der Waals surface area (Å²) in [5, 5.41) is 8.77. The lowest BCUT2D eigenvalue weighted by atomic mass is 10.1. The summed E-state index contributed by atoms with van der Waals surface area (Å²) in [6.45, 7) is 7.40. The van der Waals surface area contributed by atoms with Crippen molar-refractivity contribution in [3.8, 4) is 0 Å². The molecule has 1 N–H and O–H groups in total.